The number of alkyl halides is 6. The third-order valence-corrected chi connectivity index (χ3v) is 8.95. The molecule has 0 aliphatic carbocycles. The first-order chi connectivity index (χ1) is 23.8. The van der Waals surface area contributed by atoms with Crippen LogP contribution in [-0.4, -0.2) is 19.1 Å². The van der Waals surface area contributed by atoms with Crippen LogP contribution in [0.2, 0.25) is 0 Å². The molecule has 0 fully saturated rings. The van der Waals surface area contributed by atoms with Crippen molar-refractivity contribution in [3.8, 4) is 28.7 Å². The summed E-state index contributed by atoms with van der Waals surface area (Å²) in [5, 5.41) is 13.3. The van der Waals surface area contributed by atoms with E-state index in [1.165, 1.54) is 12.1 Å². The number of para-hydroxylation sites is 2. The van der Waals surface area contributed by atoms with Gasteiger partial charge in [0.15, 0.2) is 0 Å². The maximum atomic E-state index is 14.1. The van der Waals surface area contributed by atoms with Gasteiger partial charge in [-0.3, -0.25) is 0 Å². The number of hydrogen-bond acceptors (Lipinski definition) is 3. The first-order valence-electron chi connectivity index (χ1n) is 15.5. The van der Waals surface area contributed by atoms with E-state index in [0.29, 0.717) is 55.4 Å². The summed E-state index contributed by atoms with van der Waals surface area (Å²) in [4.78, 5) is 9.02. The van der Waals surface area contributed by atoms with Gasteiger partial charge in [0.1, 0.15) is 17.5 Å². The van der Waals surface area contributed by atoms with E-state index >= 15 is 0 Å². The normalized spacial score (nSPS) is 12.4. The number of benzene rings is 5. The van der Waals surface area contributed by atoms with E-state index in [1.807, 2.05) is 0 Å². The molecule has 0 saturated carbocycles. The topological polar surface area (TPSA) is 59.4 Å². The molecule has 0 radical (unpaired) electrons. The number of fused-ring (bicyclic) bond motifs is 6. The van der Waals surface area contributed by atoms with Crippen LogP contribution in [0.4, 0.5) is 26.3 Å². The molecule has 0 aliphatic heterocycles. The number of nitriles is 1. The van der Waals surface area contributed by atoms with Crippen LogP contribution in [-0.2, 0) is 12.4 Å². The van der Waals surface area contributed by atoms with Crippen LogP contribution in [0, 0.1) is 25.2 Å². The van der Waals surface area contributed by atoms with Crippen LogP contribution in [0.15, 0.2) is 103 Å². The fourth-order valence-electron chi connectivity index (χ4n) is 6.90. The average molecular weight is 676 g/mol. The lowest BCUT2D eigenvalue weighted by Gasteiger charge is -2.19. The Morgan fingerprint density at radius 1 is 0.560 bits per heavy atom. The van der Waals surface area contributed by atoms with Crippen molar-refractivity contribution in [1.82, 2.24) is 19.1 Å². The summed E-state index contributed by atoms with van der Waals surface area (Å²) in [6.07, 6.45) is -9.29. The van der Waals surface area contributed by atoms with E-state index in [-0.39, 0.29) is 28.0 Å². The molecule has 11 heteroatoms. The maximum absolute atomic E-state index is 14.1. The van der Waals surface area contributed by atoms with E-state index in [9.17, 15) is 31.6 Å². The molecule has 0 spiro atoms. The summed E-state index contributed by atoms with van der Waals surface area (Å²) >= 11 is 0. The molecule has 5 nitrogen and oxygen atoms in total. The Kier molecular flexibility index (Phi) is 6.81. The Morgan fingerprint density at radius 3 is 1.46 bits per heavy atom. The predicted octanol–water partition coefficient (Wildman–Crippen LogP) is 10.9. The number of rotatable bonds is 3. The zero-order valence-electron chi connectivity index (χ0n) is 26.3. The van der Waals surface area contributed by atoms with Gasteiger partial charge in [0.05, 0.1) is 50.3 Å². The van der Waals surface area contributed by atoms with E-state index < -0.39 is 23.5 Å². The molecule has 0 amide bonds. The quantitative estimate of drug-likeness (QED) is 0.175. The first-order valence-corrected chi connectivity index (χ1v) is 15.5. The van der Waals surface area contributed by atoms with Gasteiger partial charge in [0, 0.05) is 32.8 Å². The molecular formula is C39H23F6N5. The van der Waals surface area contributed by atoms with Crippen LogP contribution < -0.4 is 0 Å². The second kappa shape index (κ2) is 10.9. The van der Waals surface area contributed by atoms with Gasteiger partial charge in [0.25, 0.3) is 0 Å². The summed E-state index contributed by atoms with van der Waals surface area (Å²) in [6.45, 7) is 3.51. The molecule has 5 aromatic carbocycles. The molecule has 3 aromatic heterocycles. The van der Waals surface area contributed by atoms with Crippen molar-refractivity contribution in [3.05, 3.63) is 131 Å². The predicted molar refractivity (Wildman–Crippen MR) is 180 cm³/mol. The zero-order chi connectivity index (χ0) is 35.1. The molecule has 0 saturated heterocycles. The molecule has 0 unspecified atom stereocenters. The Morgan fingerprint density at radius 2 is 1.02 bits per heavy atom. The third kappa shape index (κ3) is 4.86. The minimum Gasteiger partial charge on any atom is -0.308 e. The fraction of sp³-hybridized carbons (Fsp3) is 0.103. The maximum Gasteiger partial charge on any atom is 0.416 e. The van der Waals surface area contributed by atoms with Crippen molar-refractivity contribution >= 4 is 43.6 Å². The van der Waals surface area contributed by atoms with E-state index in [2.05, 4.69) is 16.0 Å². The molecule has 0 N–H and O–H groups in total. The molecule has 3 heterocycles. The first kappa shape index (κ1) is 31.1. The van der Waals surface area contributed by atoms with Crippen molar-refractivity contribution in [2.75, 3.05) is 0 Å². The Labute approximate surface area is 280 Å². The van der Waals surface area contributed by atoms with Crippen LogP contribution in [0.25, 0.3) is 66.2 Å². The highest BCUT2D eigenvalue weighted by Crippen LogP contribution is 2.42. The van der Waals surface area contributed by atoms with Crippen molar-refractivity contribution in [1.29, 1.82) is 5.26 Å². The van der Waals surface area contributed by atoms with Crippen molar-refractivity contribution in [3.63, 3.8) is 0 Å². The number of hydrogen-bond donors (Lipinski definition) is 0. The van der Waals surface area contributed by atoms with Crippen LogP contribution in [0.3, 0.4) is 0 Å². The van der Waals surface area contributed by atoms with Gasteiger partial charge in [-0.05, 0) is 68.4 Å². The number of aryl methyl sites for hydroxylation is 2. The Balaban J connectivity index is 1.57. The number of nitrogens with zero attached hydrogens (tertiary/aromatic N) is 5. The van der Waals surface area contributed by atoms with Gasteiger partial charge in [-0.25, -0.2) is 9.97 Å². The minimum atomic E-state index is -4.64. The molecule has 0 bridgehead atoms. The number of aromatic nitrogens is 4. The highest BCUT2D eigenvalue weighted by atomic mass is 19.4. The van der Waals surface area contributed by atoms with Gasteiger partial charge in [-0.1, -0.05) is 48.5 Å². The lowest BCUT2D eigenvalue weighted by molar-refractivity contribution is -0.138. The SMILES string of the molecule is Cc1cc(-c2cc(-n3c4ccccc4c4ccc(C(F)(F)F)cc43)c(C#N)c(-n3c4ccccc4c4ccc(C(F)(F)F)cc43)c2)nc(C)n1. The summed E-state index contributed by atoms with van der Waals surface area (Å²) in [5.74, 6) is 0.464. The molecule has 8 aromatic rings. The standard InChI is InChI=1S/C39H23F6N5/c1-21-15-31(48-22(2)47-21)23-16-34(49-32-9-5-3-7-26(32)28-13-11-24(18-36(28)49)38(40,41)42)30(20-46)35(17-23)50-33-10-6-4-8-27(33)29-14-12-25(19-37(29)50)39(43,44)45/h3-19H,1-2H3. The van der Waals surface area contributed by atoms with Gasteiger partial charge in [0.2, 0.25) is 0 Å². The summed E-state index contributed by atoms with van der Waals surface area (Å²) in [7, 11) is 0. The van der Waals surface area contributed by atoms with Gasteiger partial charge in [-0.2, -0.15) is 31.6 Å². The largest absolute Gasteiger partial charge is 0.416 e. The molecule has 8 rings (SSSR count). The molecular weight excluding hydrogens is 652 g/mol. The highest BCUT2D eigenvalue weighted by Gasteiger charge is 2.33. The van der Waals surface area contributed by atoms with Gasteiger partial charge >= 0.3 is 12.4 Å². The van der Waals surface area contributed by atoms with E-state index in [1.54, 1.807) is 89.7 Å². The lowest BCUT2D eigenvalue weighted by atomic mass is 10.0. The molecule has 246 valence electrons. The summed E-state index contributed by atoms with van der Waals surface area (Å²) in [5.41, 5.74) is 1.87. The molecule has 0 atom stereocenters. The monoisotopic (exact) mass is 675 g/mol. The van der Waals surface area contributed by atoms with Crippen molar-refractivity contribution in [2.24, 2.45) is 0 Å². The lowest BCUT2D eigenvalue weighted by Crippen LogP contribution is -2.08. The van der Waals surface area contributed by atoms with Crippen molar-refractivity contribution in [2.45, 2.75) is 26.2 Å². The minimum absolute atomic E-state index is 0.0383. The summed E-state index contributed by atoms with van der Waals surface area (Å²) in [6, 6.07) is 28.5. The average Bonchev–Trinajstić information content (AvgIpc) is 3.58. The van der Waals surface area contributed by atoms with Gasteiger partial charge in [-0.15, -0.1) is 0 Å². The fourth-order valence-corrected chi connectivity index (χ4v) is 6.90. The van der Waals surface area contributed by atoms with Gasteiger partial charge < -0.3 is 9.13 Å². The second-order valence-electron chi connectivity index (χ2n) is 12.1. The Bertz CT molecular complexity index is 2550. The van der Waals surface area contributed by atoms with Crippen LogP contribution >= 0.6 is 0 Å². The number of halogens is 6. The zero-order valence-corrected chi connectivity index (χ0v) is 26.3. The molecule has 50 heavy (non-hydrogen) atoms. The second-order valence-corrected chi connectivity index (χ2v) is 12.1. The van der Waals surface area contributed by atoms with E-state index in [0.717, 1.165) is 24.3 Å². The third-order valence-electron chi connectivity index (χ3n) is 8.95. The van der Waals surface area contributed by atoms with Crippen LogP contribution in [0.1, 0.15) is 28.2 Å². The Hall–Kier alpha value is -6.15. The smallest absolute Gasteiger partial charge is 0.308 e. The summed E-state index contributed by atoms with van der Waals surface area (Å²) < 4.78 is 87.9. The van der Waals surface area contributed by atoms with Crippen molar-refractivity contribution < 1.29 is 26.3 Å². The molecule has 0 aliphatic rings. The van der Waals surface area contributed by atoms with Crippen LogP contribution in [0.5, 0.6) is 0 Å². The van der Waals surface area contributed by atoms with E-state index in [4.69, 9.17) is 0 Å². The highest BCUT2D eigenvalue weighted by molar-refractivity contribution is 6.11.